The van der Waals surface area contributed by atoms with E-state index in [2.05, 4.69) is 21.3 Å². The molecule has 0 spiro atoms. The van der Waals surface area contributed by atoms with Crippen molar-refractivity contribution in [2.45, 2.75) is 12.8 Å². The third-order valence-corrected chi connectivity index (χ3v) is 5.29. The Hall–Kier alpha value is -2.79. The molecule has 4 rings (SSSR count). The summed E-state index contributed by atoms with van der Waals surface area (Å²) < 4.78 is 2.03. The van der Waals surface area contributed by atoms with Crippen LogP contribution in [0.5, 0.6) is 0 Å². The number of hydrogen-bond donors (Lipinski definition) is 1. The highest BCUT2D eigenvalue weighted by molar-refractivity contribution is 6.33. The SMILES string of the molecule is O=C(Nc1ccccc1Cl)C1CCN(c2ccc(-n3cccc3)cn2)CC1. The number of piperidine rings is 1. The molecule has 3 heterocycles. The Morgan fingerprint density at radius 3 is 2.44 bits per heavy atom. The average Bonchev–Trinajstić information content (AvgIpc) is 3.25. The number of rotatable bonds is 4. The van der Waals surface area contributed by atoms with Crippen molar-refractivity contribution < 1.29 is 4.79 Å². The van der Waals surface area contributed by atoms with Gasteiger partial charge in [-0.05, 0) is 49.2 Å². The summed E-state index contributed by atoms with van der Waals surface area (Å²) in [6.45, 7) is 1.63. The quantitative estimate of drug-likeness (QED) is 0.730. The number of halogens is 1. The molecule has 1 saturated heterocycles. The number of nitrogens with zero attached hydrogens (tertiary/aromatic N) is 3. The first-order valence-electron chi connectivity index (χ1n) is 9.10. The highest BCUT2D eigenvalue weighted by atomic mass is 35.5. The summed E-state index contributed by atoms with van der Waals surface area (Å²) in [4.78, 5) is 19.4. The second-order valence-corrected chi connectivity index (χ2v) is 7.10. The van der Waals surface area contributed by atoms with Crippen molar-refractivity contribution in [2.24, 2.45) is 5.92 Å². The van der Waals surface area contributed by atoms with Crippen molar-refractivity contribution in [1.82, 2.24) is 9.55 Å². The van der Waals surface area contributed by atoms with Crippen molar-refractivity contribution in [1.29, 1.82) is 0 Å². The van der Waals surface area contributed by atoms with Crippen molar-refractivity contribution in [3.8, 4) is 5.69 Å². The zero-order chi connectivity index (χ0) is 18.6. The number of benzene rings is 1. The lowest BCUT2D eigenvalue weighted by molar-refractivity contribution is -0.120. The van der Waals surface area contributed by atoms with Crippen LogP contribution < -0.4 is 10.2 Å². The fraction of sp³-hybridized carbons (Fsp3) is 0.238. The molecule has 1 fully saturated rings. The van der Waals surface area contributed by atoms with Gasteiger partial charge in [0.05, 0.1) is 22.6 Å². The molecule has 0 radical (unpaired) electrons. The topological polar surface area (TPSA) is 50.2 Å². The number of pyridine rings is 1. The molecule has 0 saturated carbocycles. The van der Waals surface area contributed by atoms with E-state index in [9.17, 15) is 4.79 Å². The van der Waals surface area contributed by atoms with Crippen LogP contribution in [0.4, 0.5) is 11.5 Å². The number of amides is 1. The van der Waals surface area contributed by atoms with Gasteiger partial charge in [-0.1, -0.05) is 23.7 Å². The standard InChI is InChI=1S/C21H21ClN4O/c22-18-5-1-2-6-19(18)24-21(27)16-9-13-26(14-10-16)20-8-7-17(15-23-20)25-11-3-4-12-25/h1-8,11-12,15-16H,9-10,13-14H2,(H,24,27). The maximum Gasteiger partial charge on any atom is 0.227 e. The first-order chi connectivity index (χ1) is 13.2. The summed E-state index contributed by atoms with van der Waals surface area (Å²) >= 11 is 6.13. The first-order valence-corrected chi connectivity index (χ1v) is 9.48. The Labute approximate surface area is 163 Å². The molecule has 1 aromatic carbocycles. The largest absolute Gasteiger partial charge is 0.357 e. The number of carbonyl (C=O) groups is 1. The van der Waals surface area contributed by atoms with E-state index in [1.54, 1.807) is 6.07 Å². The van der Waals surface area contributed by atoms with E-state index < -0.39 is 0 Å². The minimum atomic E-state index is -0.00308. The van der Waals surface area contributed by atoms with Gasteiger partial charge >= 0.3 is 0 Å². The van der Waals surface area contributed by atoms with Gasteiger partial charge < -0.3 is 14.8 Å². The van der Waals surface area contributed by atoms with Crippen LogP contribution in [0.1, 0.15) is 12.8 Å². The number of anilines is 2. The molecule has 2 aromatic heterocycles. The number of hydrogen-bond acceptors (Lipinski definition) is 3. The Morgan fingerprint density at radius 2 is 1.78 bits per heavy atom. The van der Waals surface area contributed by atoms with Gasteiger partial charge in [0.1, 0.15) is 5.82 Å². The molecule has 0 atom stereocenters. The molecule has 0 aliphatic carbocycles. The van der Waals surface area contributed by atoms with E-state index in [0.717, 1.165) is 37.4 Å². The van der Waals surface area contributed by atoms with Gasteiger partial charge in [0.15, 0.2) is 0 Å². The molecular weight excluding hydrogens is 360 g/mol. The molecule has 1 aliphatic rings. The summed E-state index contributed by atoms with van der Waals surface area (Å²) in [6, 6.07) is 15.4. The normalized spacial score (nSPS) is 14.9. The van der Waals surface area contributed by atoms with Crippen LogP contribution in [0, 0.1) is 5.92 Å². The lowest BCUT2D eigenvalue weighted by Crippen LogP contribution is -2.38. The molecule has 0 unspecified atom stereocenters. The fourth-order valence-corrected chi connectivity index (χ4v) is 3.58. The van der Waals surface area contributed by atoms with Gasteiger partial charge in [-0.2, -0.15) is 0 Å². The molecule has 0 bridgehead atoms. The number of aromatic nitrogens is 2. The van der Waals surface area contributed by atoms with Gasteiger partial charge in [-0.3, -0.25) is 4.79 Å². The van der Waals surface area contributed by atoms with Crippen LogP contribution in [0.3, 0.4) is 0 Å². The van der Waals surface area contributed by atoms with Crippen LogP contribution in [-0.2, 0) is 4.79 Å². The highest BCUT2D eigenvalue weighted by Crippen LogP contribution is 2.26. The molecule has 138 valence electrons. The smallest absolute Gasteiger partial charge is 0.227 e. The fourth-order valence-electron chi connectivity index (χ4n) is 3.39. The number of carbonyl (C=O) groups excluding carboxylic acids is 1. The summed E-state index contributed by atoms with van der Waals surface area (Å²) in [5.41, 5.74) is 1.71. The summed E-state index contributed by atoms with van der Waals surface area (Å²) in [5, 5.41) is 3.51. The zero-order valence-electron chi connectivity index (χ0n) is 14.9. The molecule has 27 heavy (non-hydrogen) atoms. The molecule has 5 nitrogen and oxygen atoms in total. The minimum Gasteiger partial charge on any atom is -0.357 e. The van der Waals surface area contributed by atoms with Crippen LogP contribution in [0.2, 0.25) is 5.02 Å². The predicted octanol–water partition coefficient (Wildman–Crippen LogP) is 4.38. The number of nitrogens with one attached hydrogen (secondary N) is 1. The van der Waals surface area contributed by atoms with E-state index in [4.69, 9.17) is 11.6 Å². The third kappa shape index (κ3) is 3.98. The summed E-state index contributed by atoms with van der Waals surface area (Å²) in [7, 11) is 0. The van der Waals surface area contributed by atoms with Gasteiger partial charge in [0, 0.05) is 31.4 Å². The van der Waals surface area contributed by atoms with Gasteiger partial charge in [0.2, 0.25) is 5.91 Å². The third-order valence-electron chi connectivity index (χ3n) is 4.96. The van der Waals surface area contributed by atoms with Gasteiger partial charge in [-0.25, -0.2) is 4.98 Å². The van der Waals surface area contributed by atoms with Crippen molar-refractivity contribution in [3.63, 3.8) is 0 Å². The van der Waals surface area contributed by atoms with Gasteiger partial charge in [0.25, 0.3) is 0 Å². The molecular formula is C21H21ClN4O. The average molecular weight is 381 g/mol. The van der Waals surface area contributed by atoms with Crippen molar-refractivity contribution in [3.05, 3.63) is 72.1 Å². The monoisotopic (exact) mass is 380 g/mol. The van der Waals surface area contributed by atoms with E-state index >= 15 is 0 Å². The Morgan fingerprint density at radius 1 is 1.04 bits per heavy atom. The van der Waals surface area contributed by atoms with E-state index in [1.807, 2.05) is 59.6 Å². The van der Waals surface area contributed by atoms with E-state index in [-0.39, 0.29) is 11.8 Å². The lowest BCUT2D eigenvalue weighted by Gasteiger charge is -2.32. The molecule has 3 aromatic rings. The summed E-state index contributed by atoms with van der Waals surface area (Å²) in [6.07, 6.45) is 7.49. The predicted molar refractivity (Wildman–Crippen MR) is 109 cm³/mol. The first kappa shape index (κ1) is 17.6. The maximum atomic E-state index is 12.5. The van der Waals surface area contributed by atoms with E-state index in [0.29, 0.717) is 10.7 Å². The molecule has 6 heteroatoms. The van der Waals surface area contributed by atoms with Crippen molar-refractivity contribution in [2.75, 3.05) is 23.3 Å². The second kappa shape index (κ2) is 7.84. The molecule has 1 N–H and O–H groups in total. The zero-order valence-corrected chi connectivity index (χ0v) is 15.6. The molecule has 1 aliphatic heterocycles. The Bertz CT molecular complexity index is 900. The number of para-hydroxylation sites is 1. The van der Waals surface area contributed by atoms with Crippen LogP contribution in [-0.4, -0.2) is 28.5 Å². The van der Waals surface area contributed by atoms with Crippen LogP contribution in [0.25, 0.3) is 5.69 Å². The van der Waals surface area contributed by atoms with Gasteiger partial charge in [-0.15, -0.1) is 0 Å². The lowest BCUT2D eigenvalue weighted by atomic mass is 9.95. The summed E-state index contributed by atoms with van der Waals surface area (Å²) in [5.74, 6) is 0.992. The Balaban J connectivity index is 1.34. The second-order valence-electron chi connectivity index (χ2n) is 6.70. The van der Waals surface area contributed by atoms with Crippen molar-refractivity contribution >= 4 is 29.0 Å². The maximum absolute atomic E-state index is 12.5. The minimum absolute atomic E-state index is 0.00308. The Kier molecular flexibility index (Phi) is 5.12. The highest BCUT2D eigenvalue weighted by Gasteiger charge is 2.26. The van der Waals surface area contributed by atoms with Crippen LogP contribution >= 0.6 is 11.6 Å². The van der Waals surface area contributed by atoms with E-state index in [1.165, 1.54) is 0 Å². The van der Waals surface area contributed by atoms with Crippen LogP contribution in [0.15, 0.2) is 67.1 Å². The molecule has 1 amide bonds.